The second-order valence-electron chi connectivity index (χ2n) is 5.39. The van der Waals surface area contributed by atoms with Crippen LogP contribution in [-0.2, 0) is 4.74 Å². The van der Waals surface area contributed by atoms with E-state index < -0.39 is 24.5 Å². The Hall–Kier alpha value is -1.81. The number of rotatable bonds is 3. The molecule has 1 aliphatic rings. The second kappa shape index (κ2) is 5.19. The van der Waals surface area contributed by atoms with Crippen molar-refractivity contribution >= 4 is 17.0 Å². The number of aliphatic hydroxyl groups excluding tert-OH is 2. The Morgan fingerprint density at radius 2 is 2.05 bits per heavy atom. The highest BCUT2D eigenvalue weighted by Crippen LogP contribution is 2.32. The summed E-state index contributed by atoms with van der Waals surface area (Å²) in [5.41, 5.74) is 6.64. The summed E-state index contributed by atoms with van der Waals surface area (Å²) in [7, 11) is 3.74. The highest BCUT2D eigenvalue weighted by atomic mass is 16.6. The van der Waals surface area contributed by atoms with Crippen LogP contribution in [0, 0.1) is 0 Å². The summed E-state index contributed by atoms with van der Waals surface area (Å²) >= 11 is 0. The number of hydrogen-bond acceptors (Lipinski definition) is 8. The molecule has 0 amide bonds. The van der Waals surface area contributed by atoms with Crippen molar-refractivity contribution in [2.45, 2.75) is 24.5 Å². The van der Waals surface area contributed by atoms with Gasteiger partial charge in [-0.3, -0.25) is 4.57 Å². The lowest BCUT2D eigenvalue weighted by atomic mass is 10.1. The minimum atomic E-state index is -1.07. The molecule has 0 aromatic carbocycles. The van der Waals surface area contributed by atoms with Crippen LogP contribution in [0.5, 0.6) is 0 Å². The van der Waals surface area contributed by atoms with Gasteiger partial charge in [-0.05, 0) is 14.1 Å². The first-order chi connectivity index (χ1) is 9.99. The zero-order valence-electron chi connectivity index (χ0n) is 11.8. The van der Waals surface area contributed by atoms with Crippen molar-refractivity contribution < 1.29 is 14.9 Å². The third kappa shape index (κ3) is 2.33. The standard InChI is InChI=1S/C12H18N6O3/c1-17(2)3-6-8(19)9(20)12(21-6)18-5-16-7-10(13)14-4-15-11(7)18/h4-6,8-9,12,19-20H,3H2,1-2H3,(H2,13,14,15)/t6-,8-,9-,12-/m1/s1. The topological polar surface area (TPSA) is 123 Å². The number of nitrogens with zero attached hydrogens (tertiary/aromatic N) is 5. The Bertz CT molecular complexity index is 645. The number of fused-ring (bicyclic) bond motifs is 1. The SMILES string of the molecule is CN(C)C[C@H]1O[C@@H](n2cnc3c(N)ncnc32)[C@H](O)[C@@H]1O. The Balaban J connectivity index is 1.94. The number of hydrogen-bond donors (Lipinski definition) is 3. The molecule has 0 aliphatic carbocycles. The first-order valence-electron chi connectivity index (χ1n) is 6.58. The molecular formula is C12H18N6O3. The maximum Gasteiger partial charge on any atom is 0.167 e. The molecule has 0 unspecified atom stereocenters. The van der Waals surface area contributed by atoms with E-state index in [1.54, 1.807) is 4.57 Å². The number of ether oxygens (including phenoxy) is 1. The summed E-state index contributed by atoms with van der Waals surface area (Å²) in [6.07, 6.45) is -0.488. The summed E-state index contributed by atoms with van der Waals surface area (Å²) < 4.78 is 7.34. The van der Waals surface area contributed by atoms with E-state index >= 15 is 0 Å². The van der Waals surface area contributed by atoms with Gasteiger partial charge in [-0.25, -0.2) is 15.0 Å². The molecule has 0 bridgehead atoms. The van der Waals surface area contributed by atoms with Gasteiger partial charge in [0.25, 0.3) is 0 Å². The van der Waals surface area contributed by atoms with Gasteiger partial charge in [0.05, 0.1) is 6.33 Å². The predicted molar refractivity (Wildman–Crippen MR) is 74.2 cm³/mol. The van der Waals surface area contributed by atoms with Gasteiger partial charge in [0.1, 0.15) is 30.2 Å². The zero-order valence-corrected chi connectivity index (χ0v) is 11.8. The van der Waals surface area contributed by atoms with Crippen LogP contribution in [-0.4, -0.2) is 73.6 Å². The minimum absolute atomic E-state index is 0.261. The van der Waals surface area contributed by atoms with Crippen molar-refractivity contribution in [3.05, 3.63) is 12.7 Å². The van der Waals surface area contributed by atoms with Crippen molar-refractivity contribution in [2.24, 2.45) is 0 Å². The molecule has 114 valence electrons. The van der Waals surface area contributed by atoms with Crippen molar-refractivity contribution in [1.82, 2.24) is 24.4 Å². The Labute approximate surface area is 121 Å². The lowest BCUT2D eigenvalue weighted by molar-refractivity contribution is -0.0405. The average molecular weight is 294 g/mol. The van der Waals surface area contributed by atoms with Gasteiger partial charge in [0, 0.05) is 6.54 Å². The number of nitrogen functional groups attached to an aromatic ring is 1. The van der Waals surface area contributed by atoms with Crippen LogP contribution in [0.15, 0.2) is 12.7 Å². The van der Waals surface area contributed by atoms with Gasteiger partial charge in [0.15, 0.2) is 17.7 Å². The predicted octanol–water partition coefficient (Wildman–Crippen LogP) is -1.41. The normalized spacial score (nSPS) is 29.6. The molecule has 1 aliphatic heterocycles. The molecule has 1 saturated heterocycles. The van der Waals surface area contributed by atoms with Crippen molar-refractivity contribution in [2.75, 3.05) is 26.4 Å². The van der Waals surface area contributed by atoms with Crippen LogP contribution >= 0.6 is 0 Å². The largest absolute Gasteiger partial charge is 0.387 e. The molecule has 0 radical (unpaired) electrons. The summed E-state index contributed by atoms with van der Waals surface area (Å²) in [6.45, 7) is 0.498. The maximum atomic E-state index is 10.2. The van der Waals surface area contributed by atoms with E-state index in [9.17, 15) is 10.2 Å². The zero-order chi connectivity index (χ0) is 15.1. The smallest absolute Gasteiger partial charge is 0.167 e. The monoisotopic (exact) mass is 294 g/mol. The molecule has 4 N–H and O–H groups in total. The average Bonchev–Trinajstić information content (AvgIpc) is 2.96. The van der Waals surface area contributed by atoms with Crippen LogP contribution in [0.1, 0.15) is 6.23 Å². The fourth-order valence-corrected chi connectivity index (χ4v) is 2.53. The fourth-order valence-electron chi connectivity index (χ4n) is 2.53. The molecule has 2 aromatic rings. The Morgan fingerprint density at radius 1 is 1.29 bits per heavy atom. The third-order valence-electron chi connectivity index (χ3n) is 3.54. The van der Waals surface area contributed by atoms with E-state index in [-0.39, 0.29) is 5.82 Å². The van der Waals surface area contributed by atoms with Gasteiger partial charge in [-0.2, -0.15) is 0 Å². The molecule has 0 saturated carbocycles. The highest BCUT2D eigenvalue weighted by Gasteiger charge is 2.44. The molecule has 4 atom stereocenters. The first-order valence-corrected chi connectivity index (χ1v) is 6.58. The summed E-state index contributed by atoms with van der Waals surface area (Å²) in [5.74, 6) is 0.261. The first kappa shape index (κ1) is 14.1. The van der Waals surface area contributed by atoms with Gasteiger partial charge >= 0.3 is 0 Å². The molecular weight excluding hydrogens is 276 g/mol. The summed E-state index contributed by atoms with van der Waals surface area (Å²) in [6, 6.07) is 0. The maximum absolute atomic E-state index is 10.2. The second-order valence-corrected chi connectivity index (χ2v) is 5.39. The molecule has 2 aromatic heterocycles. The lowest BCUT2D eigenvalue weighted by Crippen LogP contribution is -2.37. The number of imidazole rings is 1. The number of anilines is 1. The number of aromatic nitrogens is 4. The molecule has 3 rings (SSSR count). The Morgan fingerprint density at radius 3 is 2.76 bits per heavy atom. The van der Waals surface area contributed by atoms with E-state index in [2.05, 4.69) is 15.0 Å². The van der Waals surface area contributed by atoms with Crippen LogP contribution < -0.4 is 5.73 Å². The number of nitrogens with two attached hydrogens (primary N) is 1. The molecule has 21 heavy (non-hydrogen) atoms. The van der Waals surface area contributed by atoms with E-state index in [4.69, 9.17) is 10.5 Å². The molecule has 9 nitrogen and oxygen atoms in total. The van der Waals surface area contributed by atoms with E-state index in [1.807, 2.05) is 19.0 Å². The number of likely N-dealkylation sites (N-methyl/N-ethyl adjacent to an activating group) is 1. The third-order valence-corrected chi connectivity index (χ3v) is 3.54. The van der Waals surface area contributed by atoms with Gasteiger partial charge in [-0.15, -0.1) is 0 Å². The van der Waals surface area contributed by atoms with E-state index in [0.717, 1.165) is 0 Å². The quantitative estimate of drug-likeness (QED) is 0.631. The van der Waals surface area contributed by atoms with Crippen molar-refractivity contribution in [3.63, 3.8) is 0 Å². The van der Waals surface area contributed by atoms with Crippen LogP contribution in [0.3, 0.4) is 0 Å². The summed E-state index contributed by atoms with van der Waals surface area (Å²) in [5, 5.41) is 20.3. The van der Waals surface area contributed by atoms with Gasteiger partial charge in [-0.1, -0.05) is 0 Å². The molecule has 9 heteroatoms. The van der Waals surface area contributed by atoms with E-state index in [1.165, 1.54) is 12.7 Å². The van der Waals surface area contributed by atoms with Gasteiger partial charge < -0.3 is 25.6 Å². The van der Waals surface area contributed by atoms with Crippen LogP contribution in [0.2, 0.25) is 0 Å². The lowest BCUT2D eigenvalue weighted by Gasteiger charge is -2.18. The van der Waals surface area contributed by atoms with Crippen LogP contribution in [0.4, 0.5) is 5.82 Å². The fraction of sp³-hybridized carbons (Fsp3) is 0.583. The molecule has 3 heterocycles. The number of aliphatic hydroxyl groups is 2. The van der Waals surface area contributed by atoms with Crippen molar-refractivity contribution in [3.8, 4) is 0 Å². The highest BCUT2D eigenvalue weighted by molar-refractivity contribution is 5.81. The van der Waals surface area contributed by atoms with Gasteiger partial charge in [0.2, 0.25) is 0 Å². The Kier molecular flexibility index (Phi) is 3.49. The molecule has 1 fully saturated rings. The minimum Gasteiger partial charge on any atom is -0.387 e. The summed E-state index contributed by atoms with van der Waals surface area (Å²) in [4.78, 5) is 14.0. The van der Waals surface area contributed by atoms with Crippen molar-refractivity contribution in [1.29, 1.82) is 0 Å². The van der Waals surface area contributed by atoms with E-state index in [0.29, 0.717) is 17.7 Å². The molecule has 0 spiro atoms. The van der Waals surface area contributed by atoms with Crippen LogP contribution in [0.25, 0.3) is 11.2 Å².